The molecule has 1 aliphatic carbocycles. The van der Waals surface area contributed by atoms with E-state index >= 15 is 0 Å². The van der Waals surface area contributed by atoms with Crippen molar-refractivity contribution in [3.05, 3.63) is 29.3 Å². The van der Waals surface area contributed by atoms with Gasteiger partial charge in [-0.25, -0.2) is 0 Å². The molecule has 3 heterocycles. The van der Waals surface area contributed by atoms with E-state index in [1.54, 1.807) is 7.11 Å². The van der Waals surface area contributed by atoms with Gasteiger partial charge in [0, 0.05) is 23.6 Å². The van der Waals surface area contributed by atoms with Gasteiger partial charge in [0.1, 0.15) is 6.23 Å². The predicted molar refractivity (Wildman–Crippen MR) is 80.6 cm³/mol. The number of fused-ring (bicyclic) bond motifs is 2. The Balaban J connectivity index is 1.81. The first-order chi connectivity index (χ1) is 11.2. The van der Waals surface area contributed by atoms with Gasteiger partial charge in [-0.1, -0.05) is 12.2 Å². The molecule has 0 amide bonds. The van der Waals surface area contributed by atoms with Gasteiger partial charge in [0.25, 0.3) is 0 Å². The summed E-state index contributed by atoms with van der Waals surface area (Å²) in [6, 6.07) is 2.08. The number of benzene rings is 1. The molecule has 0 saturated carbocycles. The largest absolute Gasteiger partial charge is 0.492 e. The number of aliphatic hydroxyl groups is 2. The topological polar surface area (TPSA) is 71.4 Å². The van der Waals surface area contributed by atoms with Gasteiger partial charge >= 0.3 is 0 Å². The third-order valence-corrected chi connectivity index (χ3v) is 5.80. The highest BCUT2D eigenvalue weighted by Gasteiger charge is 2.57. The van der Waals surface area contributed by atoms with Crippen LogP contribution in [0.1, 0.15) is 30.2 Å². The lowest BCUT2D eigenvalue weighted by Gasteiger charge is -2.47. The molecule has 122 valence electrons. The number of rotatable bonds is 1. The highest BCUT2D eigenvalue weighted by atomic mass is 16.7. The number of ether oxygens (including phenoxy) is 3. The van der Waals surface area contributed by atoms with E-state index in [4.69, 9.17) is 14.2 Å². The van der Waals surface area contributed by atoms with Crippen molar-refractivity contribution in [3.8, 4) is 17.2 Å². The Morgan fingerprint density at radius 3 is 3.04 bits per heavy atom. The van der Waals surface area contributed by atoms with Gasteiger partial charge in [-0.15, -0.1) is 0 Å². The second-order valence-corrected chi connectivity index (χ2v) is 6.68. The van der Waals surface area contributed by atoms with Gasteiger partial charge in [0.15, 0.2) is 11.5 Å². The van der Waals surface area contributed by atoms with Crippen molar-refractivity contribution in [2.45, 2.75) is 36.6 Å². The van der Waals surface area contributed by atoms with E-state index < -0.39 is 12.3 Å². The zero-order valence-electron chi connectivity index (χ0n) is 12.9. The van der Waals surface area contributed by atoms with Crippen LogP contribution in [0, 0.1) is 0 Å². The van der Waals surface area contributed by atoms with E-state index in [0.29, 0.717) is 23.7 Å². The summed E-state index contributed by atoms with van der Waals surface area (Å²) in [4.78, 5) is 2.07. The van der Waals surface area contributed by atoms with Crippen LogP contribution >= 0.6 is 0 Å². The van der Waals surface area contributed by atoms with E-state index in [1.165, 1.54) is 0 Å². The van der Waals surface area contributed by atoms with E-state index in [-0.39, 0.29) is 18.2 Å². The Labute approximate surface area is 133 Å². The molecule has 3 aliphatic heterocycles. The Morgan fingerprint density at radius 1 is 1.35 bits per heavy atom. The van der Waals surface area contributed by atoms with Gasteiger partial charge in [0.2, 0.25) is 12.5 Å². The summed E-state index contributed by atoms with van der Waals surface area (Å²) in [6.07, 6.45) is 4.31. The van der Waals surface area contributed by atoms with Crippen molar-refractivity contribution >= 4 is 0 Å². The van der Waals surface area contributed by atoms with Crippen LogP contribution < -0.4 is 14.2 Å². The minimum Gasteiger partial charge on any atom is -0.492 e. The van der Waals surface area contributed by atoms with E-state index in [2.05, 4.69) is 11.0 Å². The molecule has 0 spiro atoms. The van der Waals surface area contributed by atoms with Crippen molar-refractivity contribution < 1.29 is 24.4 Å². The molecule has 1 aromatic rings. The van der Waals surface area contributed by atoms with Crippen molar-refractivity contribution in [2.75, 3.05) is 20.4 Å². The highest BCUT2D eigenvalue weighted by molar-refractivity contribution is 5.65. The van der Waals surface area contributed by atoms with Crippen LogP contribution in [0.3, 0.4) is 0 Å². The monoisotopic (exact) mass is 317 g/mol. The van der Waals surface area contributed by atoms with Crippen molar-refractivity contribution in [2.24, 2.45) is 0 Å². The first-order valence-electron chi connectivity index (χ1n) is 7.98. The van der Waals surface area contributed by atoms with Crippen molar-refractivity contribution in [3.63, 3.8) is 0 Å². The zero-order valence-corrected chi connectivity index (χ0v) is 12.9. The molecule has 5 rings (SSSR count). The molecular formula is C17H19NO5. The lowest BCUT2D eigenvalue weighted by Crippen LogP contribution is -2.51. The van der Waals surface area contributed by atoms with Crippen LogP contribution in [0.2, 0.25) is 0 Å². The predicted octanol–water partition coefficient (Wildman–Crippen LogP) is 1.06. The maximum Gasteiger partial charge on any atom is 0.231 e. The van der Waals surface area contributed by atoms with E-state index in [0.717, 1.165) is 24.1 Å². The molecule has 0 radical (unpaired) electrons. The minimum absolute atomic E-state index is 0.0927. The molecule has 6 heteroatoms. The van der Waals surface area contributed by atoms with Gasteiger partial charge in [0.05, 0.1) is 13.2 Å². The molecule has 4 aliphatic rings. The number of aliphatic hydroxyl groups excluding tert-OH is 2. The standard InChI is InChI=1S/C17H19NO5/c1-21-15-13-10(7-11-14(15)23-8-22-11)17-3-2-9(19)6-12(17)18(5-4-17)16(13)20/h2-3,7,9,12,16,19-20H,4-6,8H2,1H3/t9?,12-,16?,17-/m1/s1. The fourth-order valence-corrected chi connectivity index (χ4v) is 4.80. The molecule has 1 aromatic carbocycles. The maximum atomic E-state index is 11.0. The zero-order chi connectivity index (χ0) is 15.8. The third-order valence-electron chi connectivity index (χ3n) is 5.80. The second-order valence-electron chi connectivity index (χ2n) is 6.68. The Bertz CT molecular complexity index is 717. The summed E-state index contributed by atoms with van der Waals surface area (Å²) in [5, 5.41) is 21.0. The van der Waals surface area contributed by atoms with E-state index in [1.807, 2.05) is 12.1 Å². The summed E-state index contributed by atoms with van der Waals surface area (Å²) >= 11 is 0. The van der Waals surface area contributed by atoms with Crippen LogP contribution in [0.15, 0.2) is 18.2 Å². The summed E-state index contributed by atoms with van der Waals surface area (Å²) in [5.41, 5.74) is 1.60. The smallest absolute Gasteiger partial charge is 0.231 e. The fourth-order valence-electron chi connectivity index (χ4n) is 4.80. The summed E-state index contributed by atoms with van der Waals surface area (Å²) < 4.78 is 16.7. The summed E-state index contributed by atoms with van der Waals surface area (Å²) in [6.45, 7) is 0.951. The molecule has 1 saturated heterocycles. The first-order valence-corrected chi connectivity index (χ1v) is 7.98. The molecule has 0 aromatic heterocycles. The number of nitrogens with zero attached hydrogens (tertiary/aromatic N) is 1. The van der Waals surface area contributed by atoms with Gasteiger partial charge in [-0.05, 0) is 24.5 Å². The quantitative estimate of drug-likeness (QED) is 0.755. The molecule has 5 atom stereocenters. The first kappa shape index (κ1) is 13.7. The van der Waals surface area contributed by atoms with Gasteiger partial charge in [-0.3, -0.25) is 4.90 Å². The van der Waals surface area contributed by atoms with Crippen LogP contribution in [-0.4, -0.2) is 47.7 Å². The fraction of sp³-hybridized carbons (Fsp3) is 0.529. The van der Waals surface area contributed by atoms with Crippen molar-refractivity contribution in [1.29, 1.82) is 0 Å². The number of hydrogen-bond acceptors (Lipinski definition) is 6. The molecular weight excluding hydrogens is 298 g/mol. The molecule has 3 unspecified atom stereocenters. The summed E-state index contributed by atoms with van der Waals surface area (Å²) in [7, 11) is 1.59. The normalized spacial score (nSPS) is 39.1. The Kier molecular flexibility index (Phi) is 2.62. The average molecular weight is 317 g/mol. The van der Waals surface area contributed by atoms with Gasteiger partial charge in [-0.2, -0.15) is 0 Å². The third kappa shape index (κ3) is 1.53. The second kappa shape index (κ2) is 4.41. The van der Waals surface area contributed by atoms with Crippen LogP contribution in [-0.2, 0) is 5.41 Å². The SMILES string of the molecule is COc1c2c(cc3c1C(O)N1CC[C@]34C=CC(O)C[C@@H]14)OCO2. The molecule has 1 fully saturated rings. The Morgan fingerprint density at radius 2 is 2.22 bits per heavy atom. The lowest BCUT2D eigenvalue weighted by molar-refractivity contribution is -0.0378. The van der Waals surface area contributed by atoms with Crippen LogP contribution in [0.4, 0.5) is 0 Å². The van der Waals surface area contributed by atoms with E-state index in [9.17, 15) is 10.2 Å². The van der Waals surface area contributed by atoms with Gasteiger partial charge < -0.3 is 24.4 Å². The van der Waals surface area contributed by atoms with Crippen LogP contribution in [0.25, 0.3) is 0 Å². The minimum atomic E-state index is -0.756. The summed E-state index contributed by atoms with van der Waals surface area (Å²) in [5.74, 6) is 1.80. The molecule has 6 nitrogen and oxygen atoms in total. The van der Waals surface area contributed by atoms with Crippen LogP contribution in [0.5, 0.6) is 17.2 Å². The Hall–Kier alpha value is -1.76. The van der Waals surface area contributed by atoms with Crippen molar-refractivity contribution in [1.82, 2.24) is 4.90 Å². The maximum absolute atomic E-state index is 11.0. The molecule has 23 heavy (non-hydrogen) atoms. The highest BCUT2D eigenvalue weighted by Crippen LogP contribution is 2.59. The average Bonchev–Trinajstić information content (AvgIpc) is 3.13. The number of hydrogen-bond donors (Lipinski definition) is 2. The number of methoxy groups -OCH3 is 1. The lowest BCUT2D eigenvalue weighted by atomic mass is 9.66. The molecule has 2 N–H and O–H groups in total. The molecule has 2 bridgehead atoms.